The van der Waals surface area contributed by atoms with Gasteiger partial charge in [-0.05, 0) is 0 Å². The van der Waals surface area contributed by atoms with E-state index in [0.717, 1.165) is 0 Å². The van der Waals surface area contributed by atoms with Gasteiger partial charge in [0, 0.05) is 0 Å². The van der Waals surface area contributed by atoms with E-state index in [4.69, 9.17) is 10.1 Å². The van der Waals surface area contributed by atoms with E-state index in [2.05, 4.69) is 62.3 Å². The number of hydrogen-bond donors (Lipinski definition) is 0. The van der Waals surface area contributed by atoms with Gasteiger partial charge in [0.1, 0.15) is 0 Å². The van der Waals surface area contributed by atoms with Crippen LogP contribution in [0.5, 0.6) is 0 Å². The second-order valence-corrected chi connectivity index (χ2v) is 45.7. The van der Waals surface area contributed by atoms with Gasteiger partial charge in [-0.2, -0.15) is 0 Å². The molecule has 0 fully saturated rings. The van der Waals surface area contributed by atoms with Gasteiger partial charge in [0.15, 0.2) is 0 Å². The summed E-state index contributed by atoms with van der Waals surface area (Å²) >= 11 is 0. The summed E-state index contributed by atoms with van der Waals surface area (Å²) in [5.74, 6) is -4.11. The standard InChI is InChI=1S/3C6H15P.ClH.Co/c3*1-4-7(5-2)6-3;;/h3*4-6H2,1-3H3;1H;/q;;;;-2/p+2. The Hall–Kier alpha value is 2.09. The zero-order valence-electron chi connectivity index (χ0n) is 17.6. The molecule has 0 bridgehead atoms. The van der Waals surface area contributed by atoms with Gasteiger partial charge in [0.05, 0.1) is 0 Å². The van der Waals surface area contributed by atoms with Crippen LogP contribution in [0.15, 0.2) is 0 Å². The summed E-state index contributed by atoms with van der Waals surface area (Å²) in [5, 5.41) is 0. The third-order valence-electron chi connectivity index (χ3n) is 7.02. The number of halogens is 1. The molecule has 0 spiro atoms. The van der Waals surface area contributed by atoms with Crippen LogP contribution in [0.4, 0.5) is 0 Å². The monoisotopic (exact) mass is 451 g/mol. The molecule has 151 valence electrons. The second kappa shape index (κ2) is 10.4. The van der Waals surface area contributed by atoms with Crippen molar-refractivity contribution < 1.29 is 10.4 Å². The Balaban J connectivity index is 6.86. The molecule has 0 amide bonds. The molecule has 23 heavy (non-hydrogen) atoms. The van der Waals surface area contributed by atoms with E-state index in [1.165, 1.54) is 55.5 Å². The molecule has 0 unspecified atom stereocenters. The fourth-order valence-electron chi connectivity index (χ4n) is 4.84. The molecule has 0 saturated heterocycles. The summed E-state index contributed by atoms with van der Waals surface area (Å²) in [6.07, 6.45) is 13.0. The van der Waals surface area contributed by atoms with Gasteiger partial charge in [0.2, 0.25) is 0 Å². The van der Waals surface area contributed by atoms with Crippen molar-refractivity contribution in [3.05, 3.63) is 0 Å². The van der Waals surface area contributed by atoms with Crippen LogP contribution in [-0.4, -0.2) is 55.5 Å². The van der Waals surface area contributed by atoms with Gasteiger partial charge in [0.25, 0.3) is 0 Å². The van der Waals surface area contributed by atoms with Gasteiger partial charge in [-0.25, -0.2) is 0 Å². The van der Waals surface area contributed by atoms with Crippen LogP contribution in [-0.2, 0) is 10.4 Å². The Bertz CT molecular complexity index is 262. The molecule has 0 aromatic heterocycles. The van der Waals surface area contributed by atoms with Gasteiger partial charge < -0.3 is 0 Å². The van der Waals surface area contributed by atoms with E-state index in [1.54, 1.807) is 0 Å². The van der Waals surface area contributed by atoms with Crippen LogP contribution >= 0.6 is 28.1 Å². The predicted molar refractivity (Wildman–Crippen MR) is 126 cm³/mol. The molecule has 0 saturated carbocycles. The van der Waals surface area contributed by atoms with E-state index in [-0.39, 0.29) is 0 Å². The van der Waals surface area contributed by atoms with Gasteiger partial charge in [-0.3, -0.25) is 0 Å². The molecule has 0 atom stereocenters. The van der Waals surface area contributed by atoms with Crippen molar-refractivity contribution in [2.24, 2.45) is 0 Å². The first kappa shape index (κ1) is 25.1. The minimum atomic E-state index is -1.37. The molecular formula is C18H48ClCoP3. The molecule has 0 aliphatic carbocycles. The van der Waals surface area contributed by atoms with Crippen molar-refractivity contribution in [2.75, 3.05) is 55.5 Å². The second-order valence-electron chi connectivity index (χ2n) is 6.93. The van der Waals surface area contributed by atoms with Crippen molar-refractivity contribution in [2.45, 2.75) is 62.3 Å². The normalized spacial score (nSPS) is 19.9. The first-order valence-electron chi connectivity index (χ1n) is 10.2. The topological polar surface area (TPSA) is 0 Å². The summed E-state index contributed by atoms with van der Waals surface area (Å²) in [5.41, 5.74) is 0. The van der Waals surface area contributed by atoms with Crippen molar-refractivity contribution in [1.29, 1.82) is 0 Å². The van der Waals surface area contributed by atoms with E-state index >= 15 is 0 Å². The molecular weight excluding hydrogens is 404 g/mol. The van der Waals surface area contributed by atoms with Gasteiger partial charge >= 0.3 is 156 Å². The quantitative estimate of drug-likeness (QED) is 0.270. The van der Waals surface area contributed by atoms with Crippen molar-refractivity contribution in [1.82, 2.24) is 0 Å². The summed E-state index contributed by atoms with van der Waals surface area (Å²) in [6, 6.07) is 0. The van der Waals surface area contributed by atoms with Crippen LogP contribution < -0.4 is 0 Å². The summed E-state index contributed by atoms with van der Waals surface area (Å²) in [4.78, 5) is 0. The van der Waals surface area contributed by atoms with Gasteiger partial charge in [-0.1, -0.05) is 0 Å². The molecule has 0 radical (unpaired) electrons. The van der Waals surface area contributed by atoms with Crippen LogP contribution in [0.25, 0.3) is 0 Å². The predicted octanol–water partition coefficient (Wildman–Crippen LogP) is 7.47. The molecule has 0 aliphatic rings. The summed E-state index contributed by atoms with van der Waals surface area (Å²) < 4.78 is 0. The average Bonchev–Trinajstić information content (AvgIpc) is 2.61. The molecule has 0 aromatic carbocycles. The Morgan fingerprint density at radius 1 is 0.435 bits per heavy atom. The SMILES string of the molecule is CC[PH](CC)(CC)[Co]([Cl])([PH](CC)(CC)CC)[PH](CC)(CC)CC. The fourth-order valence-corrected chi connectivity index (χ4v) is 103. The van der Waals surface area contributed by atoms with Crippen LogP contribution in [0.2, 0.25) is 0 Å². The van der Waals surface area contributed by atoms with Crippen LogP contribution in [0.3, 0.4) is 0 Å². The maximum absolute atomic E-state index is 8.30. The molecule has 0 aliphatic heterocycles. The van der Waals surface area contributed by atoms with E-state index < -0.39 is 28.4 Å². The molecule has 0 aromatic rings. The fraction of sp³-hybridized carbons (Fsp3) is 1.00. The first-order chi connectivity index (χ1) is 10.8. The van der Waals surface area contributed by atoms with Crippen molar-refractivity contribution in [3.63, 3.8) is 0 Å². The zero-order valence-corrected chi connectivity index (χ0v) is 22.4. The number of hydrogen-bond acceptors (Lipinski definition) is 0. The first-order valence-corrected chi connectivity index (χ1v) is 23.7. The minimum absolute atomic E-state index is 1.28. The number of rotatable bonds is 12. The third kappa shape index (κ3) is 3.74. The van der Waals surface area contributed by atoms with Crippen LogP contribution in [0, 0.1) is 0 Å². The van der Waals surface area contributed by atoms with E-state index in [1.807, 2.05) is 0 Å². The molecule has 0 N–H and O–H groups in total. The van der Waals surface area contributed by atoms with Crippen molar-refractivity contribution in [3.8, 4) is 0 Å². The van der Waals surface area contributed by atoms with E-state index in [0.29, 0.717) is 0 Å². The third-order valence-corrected chi connectivity index (χ3v) is 80.9. The average molecular weight is 452 g/mol. The van der Waals surface area contributed by atoms with Crippen molar-refractivity contribution >= 4 is 28.1 Å². The molecule has 0 nitrogen and oxygen atoms in total. The summed E-state index contributed by atoms with van der Waals surface area (Å²) in [6.45, 7) is 22.6. The zero-order chi connectivity index (χ0) is 18.4. The van der Waals surface area contributed by atoms with E-state index in [9.17, 15) is 0 Å². The summed E-state index contributed by atoms with van der Waals surface area (Å²) in [7, 11) is 7.02. The Kier molecular flexibility index (Phi) is 11.4. The molecule has 0 heterocycles. The van der Waals surface area contributed by atoms with Crippen LogP contribution in [0.1, 0.15) is 62.3 Å². The Labute approximate surface area is 156 Å². The van der Waals surface area contributed by atoms with Gasteiger partial charge in [-0.15, -0.1) is 0 Å². The maximum atomic E-state index is 8.30. The Morgan fingerprint density at radius 2 is 0.565 bits per heavy atom. The molecule has 5 heteroatoms. The molecule has 0 rings (SSSR count). The Morgan fingerprint density at radius 3 is 0.652 bits per heavy atom.